The van der Waals surface area contributed by atoms with Crippen LogP contribution >= 0.6 is 0 Å². The van der Waals surface area contributed by atoms with Gasteiger partial charge in [0, 0.05) is 19.6 Å². The third-order valence-electron chi connectivity index (χ3n) is 2.13. The van der Waals surface area contributed by atoms with Crippen LogP contribution in [0.5, 0.6) is 0 Å². The van der Waals surface area contributed by atoms with Gasteiger partial charge in [0.1, 0.15) is 5.60 Å². The first-order valence-electron chi connectivity index (χ1n) is 5.06. The number of likely N-dealkylation sites (N-methyl/N-ethyl adjacent to an activating group) is 1. The Labute approximate surface area is 85.6 Å². The topological polar surface area (TPSA) is 41.6 Å². The van der Waals surface area contributed by atoms with Gasteiger partial charge in [-0.3, -0.25) is 0 Å². The molecule has 0 radical (unpaired) electrons. The number of rotatable bonds is 2. The second kappa shape index (κ2) is 4.17. The van der Waals surface area contributed by atoms with Crippen LogP contribution < -0.4 is 5.32 Å². The minimum Gasteiger partial charge on any atom is -0.444 e. The lowest BCUT2D eigenvalue weighted by molar-refractivity contribution is 0.0269. The summed E-state index contributed by atoms with van der Waals surface area (Å²) < 4.78 is 5.23. The van der Waals surface area contributed by atoms with Crippen molar-refractivity contribution in [2.75, 3.05) is 20.1 Å². The Morgan fingerprint density at radius 3 is 2.50 bits per heavy atom. The van der Waals surface area contributed by atoms with Crippen LogP contribution in [0.2, 0.25) is 0 Å². The van der Waals surface area contributed by atoms with Gasteiger partial charge in [-0.25, -0.2) is 4.79 Å². The largest absolute Gasteiger partial charge is 0.444 e. The van der Waals surface area contributed by atoms with Gasteiger partial charge in [0.2, 0.25) is 0 Å². The molecule has 4 heteroatoms. The number of hydrogen-bond acceptors (Lipinski definition) is 3. The Morgan fingerprint density at radius 1 is 1.57 bits per heavy atom. The fourth-order valence-electron chi connectivity index (χ4n) is 1.25. The van der Waals surface area contributed by atoms with Crippen molar-refractivity contribution in [3.63, 3.8) is 0 Å². The molecule has 0 aromatic carbocycles. The van der Waals surface area contributed by atoms with Gasteiger partial charge in [-0.1, -0.05) is 0 Å². The fourth-order valence-corrected chi connectivity index (χ4v) is 1.25. The first kappa shape index (κ1) is 11.3. The molecule has 1 aliphatic heterocycles. The molecule has 4 nitrogen and oxygen atoms in total. The lowest BCUT2D eigenvalue weighted by Gasteiger charge is -2.32. The van der Waals surface area contributed by atoms with Crippen molar-refractivity contribution in [2.24, 2.45) is 0 Å². The van der Waals surface area contributed by atoms with Crippen LogP contribution in [0, 0.1) is 0 Å². The minimum absolute atomic E-state index is 0.244. The summed E-state index contributed by atoms with van der Waals surface area (Å²) in [4.78, 5) is 13.1. The molecular weight excluding hydrogens is 180 g/mol. The first-order chi connectivity index (χ1) is 6.38. The van der Waals surface area contributed by atoms with E-state index in [2.05, 4.69) is 5.32 Å². The van der Waals surface area contributed by atoms with E-state index < -0.39 is 5.60 Å². The lowest BCUT2D eigenvalue weighted by atomic mass is 10.1. The minimum atomic E-state index is -0.404. The van der Waals surface area contributed by atoms with Crippen LogP contribution in [0.1, 0.15) is 27.2 Å². The van der Waals surface area contributed by atoms with Gasteiger partial charge in [0.05, 0.1) is 0 Å². The highest BCUT2D eigenvalue weighted by Gasteiger charge is 2.24. The van der Waals surface area contributed by atoms with E-state index in [0.29, 0.717) is 6.04 Å². The summed E-state index contributed by atoms with van der Waals surface area (Å²) in [6.07, 6.45) is 0.902. The van der Waals surface area contributed by atoms with Gasteiger partial charge in [-0.15, -0.1) is 0 Å². The van der Waals surface area contributed by atoms with Crippen molar-refractivity contribution in [2.45, 2.75) is 38.8 Å². The van der Waals surface area contributed by atoms with Crippen LogP contribution in [0.25, 0.3) is 0 Å². The highest BCUT2D eigenvalue weighted by atomic mass is 16.6. The van der Waals surface area contributed by atoms with Gasteiger partial charge in [-0.2, -0.15) is 0 Å². The average Bonchev–Trinajstić information content (AvgIpc) is 1.92. The SMILES string of the molecule is CN(C[C@H]1CCN1)C(=O)OC(C)(C)C. The van der Waals surface area contributed by atoms with Crippen LogP contribution in [0.3, 0.4) is 0 Å². The van der Waals surface area contributed by atoms with Gasteiger partial charge in [0.15, 0.2) is 0 Å². The summed E-state index contributed by atoms with van der Waals surface area (Å²) in [6, 6.07) is 0.451. The van der Waals surface area contributed by atoms with Crippen LogP contribution in [-0.4, -0.2) is 42.8 Å². The van der Waals surface area contributed by atoms with Gasteiger partial charge < -0.3 is 15.0 Å². The maximum atomic E-state index is 11.5. The fraction of sp³-hybridized carbons (Fsp3) is 0.900. The highest BCUT2D eigenvalue weighted by Crippen LogP contribution is 2.10. The quantitative estimate of drug-likeness (QED) is 0.728. The van der Waals surface area contributed by atoms with Crippen LogP contribution in [0.4, 0.5) is 4.79 Å². The number of hydrogen-bond donors (Lipinski definition) is 1. The Hall–Kier alpha value is -0.770. The molecule has 1 N–H and O–H groups in total. The summed E-state index contributed by atoms with van der Waals surface area (Å²) in [5, 5.41) is 3.24. The van der Waals surface area contributed by atoms with E-state index in [-0.39, 0.29) is 6.09 Å². The van der Waals surface area contributed by atoms with E-state index in [1.807, 2.05) is 20.8 Å². The van der Waals surface area contributed by atoms with E-state index in [1.165, 1.54) is 0 Å². The van der Waals surface area contributed by atoms with E-state index in [1.54, 1.807) is 11.9 Å². The van der Waals surface area contributed by atoms with Gasteiger partial charge >= 0.3 is 6.09 Å². The number of amides is 1. The summed E-state index contributed by atoms with van der Waals surface area (Å²) in [6.45, 7) is 7.42. The van der Waals surface area contributed by atoms with Crippen molar-refractivity contribution in [3.8, 4) is 0 Å². The van der Waals surface area contributed by atoms with E-state index >= 15 is 0 Å². The molecule has 1 rings (SSSR count). The zero-order valence-corrected chi connectivity index (χ0v) is 9.46. The molecule has 0 bridgehead atoms. The summed E-state index contributed by atoms with van der Waals surface area (Å²) >= 11 is 0. The number of nitrogens with one attached hydrogen (secondary N) is 1. The smallest absolute Gasteiger partial charge is 0.410 e. The number of ether oxygens (including phenoxy) is 1. The van der Waals surface area contributed by atoms with Crippen LogP contribution in [-0.2, 0) is 4.74 Å². The third kappa shape index (κ3) is 3.54. The van der Waals surface area contributed by atoms with Gasteiger partial charge in [-0.05, 0) is 33.7 Å². The molecule has 1 amide bonds. The summed E-state index contributed by atoms with van der Waals surface area (Å²) in [5.41, 5.74) is -0.404. The van der Waals surface area contributed by atoms with Gasteiger partial charge in [0.25, 0.3) is 0 Å². The van der Waals surface area contributed by atoms with Crippen molar-refractivity contribution < 1.29 is 9.53 Å². The highest BCUT2D eigenvalue weighted by molar-refractivity contribution is 5.67. The molecule has 1 aliphatic rings. The molecule has 14 heavy (non-hydrogen) atoms. The zero-order valence-electron chi connectivity index (χ0n) is 9.46. The summed E-state index contributed by atoms with van der Waals surface area (Å²) in [7, 11) is 1.77. The van der Waals surface area contributed by atoms with E-state index in [0.717, 1.165) is 19.5 Å². The molecule has 0 unspecified atom stereocenters. The Bertz CT molecular complexity index is 207. The predicted octanol–water partition coefficient (Wildman–Crippen LogP) is 1.22. The summed E-state index contributed by atoms with van der Waals surface area (Å²) in [5.74, 6) is 0. The van der Waals surface area contributed by atoms with Crippen molar-refractivity contribution in [1.82, 2.24) is 10.2 Å². The maximum absolute atomic E-state index is 11.5. The molecule has 1 atom stereocenters. The lowest BCUT2D eigenvalue weighted by Crippen LogP contribution is -2.51. The predicted molar refractivity (Wildman–Crippen MR) is 55.3 cm³/mol. The molecule has 0 spiro atoms. The first-order valence-corrected chi connectivity index (χ1v) is 5.06. The molecule has 0 aliphatic carbocycles. The molecule has 1 heterocycles. The van der Waals surface area contributed by atoms with E-state index in [4.69, 9.17) is 4.74 Å². The standard InChI is InChI=1S/C10H20N2O2/c1-10(2,3)14-9(13)12(4)7-8-5-6-11-8/h8,11H,5-7H2,1-4H3/t8-/m1/s1. The monoisotopic (exact) mass is 200 g/mol. The molecule has 1 fully saturated rings. The number of carbonyl (C=O) groups is 1. The maximum Gasteiger partial charge on any atom is 0.410 e. The molecule has 0 aromatic heterocycles. The second-order valence-electron chi connectivity index (χ2n) is 4.80. The molecule has 82 valence electrons. The van der Waals surface area contributed by atoms with Crippen molar-refractivity contribution >= 4 is 6.09 Å². The molecule has 0 saturated carbocycles. The van der Waals surface area contributed by atoms with Crippen molar-refractivity contribution in [3.05, 3.63) is 0 Å². The Morgan fingerprint density at radius 2 is 2.14 bits per heavy atom. The number of nitrogens with zero attached hydrogens (tertiary/aromatic N) is 1. The average molecular weight is 200 g/mol. The number of carbonyl (C=O) groups excluding carboxylic acids is 1. The van der Waals surface area contributed by atoms with Crippen LogP contribution in [0.15, 0.2) is 0 Å². The van der Waals surface area contributed by atoms with E-state index in [9.17, 15) is 4.79 Å². The zero-order chi connectivity index (χ0) is 10.8. The molecule has 0 aromatic rings. The Kier molecular flexibility index (Phi) is 3.37. The molecule has 1 saturated heterocycles. The Balaban J connectivity index is 2.28. The third-order valence-corrected chi connectivity index (χ3v) is 2.13. The van der Waals surface area contributed by atoms with Crippen molar-refractivity contribution in [1.29, 1.82) is 0 Å². The second-order valence-corrected chi connectivity index (χ2v) is 4.80. The molecular formula is C10H20N2O2. The normalized spacial score (nSPS) is 21.3.